The van der Waals surface area contributed by atoms with E-state index in [-0.39, 0.29) is 23.5 Å². The summed E-state index contributed by atoms with van der Waals surface area (Å²) in [6.07, 6.45) is 0. The van der Waals surface area contributed by atoms with Gasteiger partial charge in [-0.2, -0.15) is 0 Å². The molecule has 2 heterocycles. The van der Waals surface area contributed by atoms with Gasteiger partial charge in [-0.15, -0.1) is 11.3 Å². The van der Waals surface area contributed by atoms with Gasteiger partial charge in [0.05, 0.1) is 10.9 Å². The lowest BCUT2D eigenvalue weighted by atomic mass is 10.00. The van der Waals surface area contributed by atoms with E-state index in [1.807, 2.05) is 53.9 Å². The first-order valence-corrected chi connectivity index (χ1v) is 10.9. The fraction of sp³-hybridized carbons (Fsp3) is 0.0385. The summed E-state index contributed by atoms with van der Waals surface area (Å²) in [5, 5.41) is 13.5. The second-order valence-corrected chi connectivity index (χ2v) is 8.19. The Balaban J connectivity index is 1.65. The van der Waals surface area contributed by atoms with Crippen LogP contribution in [0.25, 0.3) is 32.5 Å². The molecule has 0 atom stereocenters. The van der Waals surface area contributed by atoms with Gasteiger partial charge < -0.3 is 14.8 Å². The first kappa shape index (κ1) is 20.0. The first-order valence-electron chi connectivity index (χ1n) is 10.0. The van der Waals surface area contributed by atoms with Crippen LogP contribution < -0.4 is 10.3 Å². The van der Waals surface area contributed by atoms with E-state index in [0.29, 0.717) is 32.7 Å². The third-order valence-electron chi connectivity index (χ3n) is 5.25. The molecule has 0 saturated heterocycles. The lowest BCUT2D eigenvalue weighted by molar-refractivity contribution is 0.306. The number of aromatic nitrogens is 1. The van der Waals surface area contributed by atoms with E-state index in [0.717, 1.165) is 5.56 Å². The molecule has 0 saturated carbocycles. The van der Waals surface area contributed by atoms with Crippen LogP contribution in [0.1, 0.15) is 5.56 Å². The Bertz CT molecular complexity index is 1460. The summed E-state index contributed by atoms with van der Waals surface area (Å²) in [5.41, 5.74) is 2.70. The van der Waals surface area contributed by atoms with Crippen molar-refractivity contribution in [3.8, 4) is 33.8 Å². The lowest BCUT2D eigenvalue weighted by Crippen LogP contribution is -2.08. The maximum Gasteiger partial charge on any atom is 0.260 e. The number of nitrogens with one attached hydrogen (secondary N) is 1. The van der Waals surface area contributed by atoms with Crippen LogP contribution in [0.15, 0.2) is 89.0 Å². The zero-order valence-corrected chi connectivity index (χ0v) is 17.7. The molecule has 0 spiro atoms. The van der Waals surface area contributed by atoms with Gasteiger partial charge in [0, 0.05) is 22.6 Å². The van der Waals surface area contributed by atoms with Crippen molar-refractivity contribution in [3.63, 3.8) is 0 Å². The Hall–Kier alpha value is -3.90. The molecule has 5 aromatic rings. The quantitative estimate of drug-likeness (QED) is 0.333. The second kappa shape index (κ2) is 8.32. The molecule has 0 aliphatic carbocycles. The fourth-order valence-electron chi connectivity index (χ4n) is 3.73. The van der Waals surface area contributed by atoms with E-state index in [9.17, 15) is 14.3 Å². The molecule has 32 heavy (non-hydrogen) atoms. The third kappa shape index (κ3) is 3.65. The van der Waals surface area contributed by atoms with Gasteiger partial charge in [0.2, 0.25) is 0 Å². The summed E-state index contributed by atoms with van der Waals surface area (Å²) in [6, 6.07) is 22.9. The van der Waals surface area contributed by atoms with Crippen LogP contribution in [-0.4, -0.2) is 10.1 Å². The number of thiophene rings is 1. The average molecular weight is 443 g/mol. The average Bonchev–Trinajstić information content (AvgIpc) is 3.23. The van der Waals surface area contributed by atoms with Gasteiger partial charge in [0.25, 0.3) is 5.56 Å². The minimum atomic E-state index is -0.418. The molecule has 2 N–H and O–H groups in total. The van der Waals surface area contributed by atoms with E-state index in [1.165, 1.54) is 23.5 Å². The Kier molecular flexibility index (Phi) is 5.21. The highest BCUT2D eigenvalue weighted by Gasteiger charge is 2.21. The molecule has 0 amide bonds. The van der Waals surface area contributed by atoms with E-state index < -0.39 is 5.82 Å². The summed E-state index contributed by atoms with van der Waals surface area (Å²) in [7, 11) is 0. The highest BCUT2D eigenvalue weighted by atomic mass is 32.1. The Morgan fingerprint density at radius 3 is 2.41 bits per heavy atom. The smallest absolute Gasteiger partial charge is 0.260 e. The SMILES string of the molecule is O=c1[nH]c2scc(-c3ccc(F)cc3OCc3ccccc3)c2c(O)c1-c1ccccc1. The highest BCUT2D eigenvalue weighted by Crippen LogP contribution is 2.44. The Morgan fingerprint density at radius 2 is 1.66 bits per heavy atom. The van der Waals surface area contributed by atoms with E-state index >= 15 is 0 Å². The molecule has 0 radical (unpaired) electrons. The topological polar surface area (TPSA) is 62.3 Å². The van der Waals surface area contributed by atoms with Crippen molar-refractivity contribution in [2.24, 2.45) is 0 Å². The summed E-state index contributed by atoms with van der Waals surface area (Å²) >= 11 is 1.30. The monoisotopic (exact) mass is 443 g/mol. The maximum absolute atomic E-state index is 14.1. The molecule has 6 heteroatoms. The van der Waals surface area contributed by atoms with Crippen LogP contribution in [0.2, 0.25) is 0 Å². The highest BCUT2D eigenvalue weighted by molar-refractivity contribution is 7.17. The normalized spacial score (nSPS) is 11.0. The number of aromatic hydroxyl groups is 1. The number of aromatic amines is 1. The van der Waals surface area contributed by atoms with Gasteiger partial charge in [-0.3, -0.25) is 4.79 Å². The summed E-state index contributed by atoms with van der Waals surface area (Å²) in [4.78, 5) is 16.1. The molecule has 0 aliphatic heterocycles. The summed E-state index contributed by atoms with van der Waals surface area (Å²) in [6.45, 7) is 0.275. The van der Waals surface area contributed by atoms with Gasteiger partial charge in [-0.25, -0.2) is 4.39 Å². The minimum Gasteiger partial charge on any atom is -0.506 e. The van der Waals surface area contributed by atoms with Crippen molar-refractivity contribution < 1.29 is 14.2 Å². The van der Waals surface area contributed by atoms with E-state index in [2.05, 4.69) is 4.98 Å². The zero-order chi connectivity index (χ0) is 22.1. The predicted molar refractivity (Wildman–Crippen MR) is 126 cm³/mol. The van der Waals surface area contributed by atoms with Crippen molar-refractivity contribution in [3.05, 3.63) is 106 Å². The molecule has 0 unspecified atom stereocenters. The Labute approximate surface area is 187 Å². The van der Waals surface area contributed by atoms with Crippen LogP contribution >= 0.6 is 11.3 Å². The number of hydrogen-bond donors (Lipinski definition) is 2. The number of rotatable bonds is 5. The molecule has 0 bridgehead atoms. The molecular formula is C26H18FNO3S. The number of ether oxygens (including phenoxy) is 1. The van der Waals surface area contributed by atoms with Crippen LogP contribution in [0, 0.1) is 5.82 Å². The van der Waals surface area contributed by atoms with Crippen molar-refractivity contribution in [1.82, 2.24) is 4.98 Å². The number of fused-ring (bicyclic) bond motifs is 1. The molecular weight excluding hydrogens is 425 g/mol. The van der Waals surface area contributed by atoms with Crippen molar-refractivity contribution in [2.45, 2.75) is 6.61 Å². The summed E-state index contributed by atoms with van der Waals surface area (Å²) in [5.74, 6) is -0.163. The molecule has 3 aromatic carbocycles. The van der Waals surface area contributed by atoms with E-state index in [1.54, 1.807) is 18.2 Å². The first-order chi connectivity index (χ1) is 15.6. The van der Waals surface area contributed by atoms with Crippen LogP contribution in [-0.2, 0) is 6.61 Å². The number of H-pyrrole nitrogens is 1. The maximum atomic E-state index is 14.1. The molecule has 5 rings (SSSR count). The Morgan fingerprint density at radius 1 is 0.938 bits per heavy atom. The molecule has 0 aliphatic rings. The standard InChI is InChI=1S/C26H18FNO3S/c27-18-11-12-19(21(13-18)31-14-16-7-3-1-4-8-16)20-15-32-26-23(20)24(29)22(25(30)28-26)17-9-5-2-6-10-17/h1-13,15H,14H2,(H2,28,29,30). The second-order valence-electron chi connectivity index (χ2n) is 7.31. The molecule has 4 nitrogen and oxygen atoms in total. The van der Waals surface area contributed by atoms with Crippen molar-refractivity contribution in [2.75, 3.05) is 0 Å². The van der Waals surface area contributed by atoms with Gasteiger partial charge in [-0.05, 0) is 23.3 Å². The lowest BCUT2D eigenvalue weighted by Gasteiger charge is -2.13. The third-order valence-corrected chi connectivity index (χ3v) is 6.15. The fourth-order valence-corrected chi connectivity index (χ4v) is 4.68. The van der Waals surface area contributed by atoms with Gasteiger partial charge in [0.1, 0.15) is 28.8 Å². The van der Waals surface area contributed by atoms with Crippen LogP contribution in [0.3, 0.4) is 0 Å². The van der Waals surface area contributed by atoms with Gasteiger partial charge >= 0.3 is 0 Å². The number of hydrogen-bond acceptors (Lipinski definition) is 4. The predicted octanol–water partition coefficient (Wildman–Crippen LogP) is 6.35. The van der Waals surface area contributed by atoms with Gasteiger partial charge in [0.15, 0.2) is 0 Å². The van der Waals surface area contributed by atoms with E-state index in [4.69, 9.17) is 4.74 Å². The zero-order valence-electron chi connectivity index (χ0n) is 16.8. The largest absolute Gasteiger partial charge is 0.506 e. The van der Waals surface area contributed by atoms with Gasteiger partial charge in [-0.1, -0.05) is 60.7 Å². The van der Waals surface area contributed by atoms with Crippen molar-refractivity contribution >= 4 is 21.6 Å². The molecule has 158 valence electrons. The number of benzene rings is 3. The van der Waals surface area contributed by atoms with Crippen molar-refractivity contribution in [1.29, 1.82) is 0 Å². The molecule has 0 fully saturated rings. The summed E-state index contributed by atoms with van der Waals surface area (Å²) < 4.78 is 20.0. The number of pyridine rings is 1. The number of halogens is 1. The molecule has 2 aromatic heterocycles. The van der Waals surface area contributed by atoms with Crippen LogP contribution in [0.5, 0.6) is 11.5 Å². The minimum absolute atomic E-state index is 0.107. The van der Waals surface area contributed by atoms with Crippen LogP contribution in [0.4, 0.5) is 4.39 Å².